The summed E-state index contributed by atoms with van der Waals surface area (Å²) in [5.74, 6) is -0.176. The largest absolute Gasteiger partial charge is 0.385 e. The molecule has 0 spiro atoms. The molecule has 0 aromatic heterocycles. The van der Waals surface area contributed by atoms with Gasteiger partial charge in [-0.05, 0) is 57.1 Å². The molecule has 0 aliphatic rings. The van der Waals surface area contributed by atoms with E-state index in [0.717, 1.165) is 51.1 Å². The summed E-state index contributed by atoms with van der Waals surface area (Å²) in [6, 6.07) is 7.13. The second-order valence-electron chi connectivity index (χ2n) is 5.50. The highest BCUT2D eigenvalue weighted by atomic mass is 19.1. The molecule has 0 saturated heterocycles. The van der Waals surface area contributed by atoms with Crippen LogP contribution in [0.5, 0.6) is 0 Å². The highest BCUT2D eigenvalue weighted by Crippen LogP contribution is 2.17. The van der Waals surface area contributed by atoms with Crippen molar-refractivity contribution in [2.24, 2.45) is 0 Å². The Kier molecular flexibility index (Phi) is 9.22. The summed E-state index contributed by atoms with van der Waals surface area (Å²) >= 11 is 0. The molecule has 0 aliphatic carbocycles. The van der Waals surface area contributed by atoms with Gasteiger partial charge in [0, 0.05) is 26.3 Å². The van der Waals surface area contributed by atoms with Crippen LogP contribution in [0.3, 0.4) is 0 Å². The number of nitrogens with one attached hydrogen (secondary N) is 1. The highest BCUT2D eigenvalue weighted by Gasteiger charge is 2.11. The summed E-state index contributed by atoms with van der Waals surface area (Å²) in [5.41, 5.74) is 1.16. The quantitative estimate of drug-likeness (QED) is 0.635. The molecule has 4 heteroatoms. The molecule has 0 heterocycles. The van der Waals surface area contributed by atoms with Gasteiger partial charge in [0.2, 0.25) is 0 Å². The third-order valence-electron chi connectivity index (χ3n) is 3.60. The van der Waals surface area contributed by atoms with Crippen molar-refractivity contribution in [3.63, 3.8) is 0 Å². The minimum atomic E-state index is -0.176. The molecule has 1 rings (SSSR count). The summed E-state index contributed by atoms with van der Waals surface area (Å²) in [5, 5.41) is 3.55. The summed E-state index contributed by atoms with van der Waals surface area (Å²) in [4.78, 5) is 2.32. The van der Waals surface area contributed by atoms with Crippen molar-refractivity contribution in [1.82, 2.24) is 10.2 Å². The molecular weight excluding hydrogens is 267 g/mol. The van der Waals surface area contributed by atoms with E-state index < -0.39 is 0 Å². The number of halogens is 1. The van der Waals surface area contributed by atoms with E-state index in [-0.39, 0.29) is 11.9 Å². The standard InChI is InChI=1S/C17H29FN2O/c1-4-11-19-17(15-6-8-16(18)9-7-15)10-13-20(2)12-5-14-21-3/h6-9,17,19H,4-5,10-14H2,1-3H3. The van der Waals surface area contributed by atoms with Gasteiger partial charge in [0.15, 0.2) is 0 Å². The third-order valence-corrected chi connectivity index (χ3v) is 3.60. The molecule has 1 aromatic rings. The number of ether oxygens (including phenoxy) is 1. The Labute approximate surface area is 128 Å². The van der Waals surface area contributed by atoms with E-state index in [1.807, 2.05) is 12.1 Å². The van der Waals surface area contributed by atoms with E-state index in [9.17, 15) is 4.39 Å². The van der Waals surface area contributed by atoms with Crippen LogP contribution in [0.2, 0.25) is 0 Å². The first kappa shape index (κ1) is 18.1. The van der Waals surface area contributed by atoms with Crippen molar-refractivity contribution in [3.8, 4) is 0 Å². The van der Waals surface area contributed by atoms with Crippen LogP contribution in [0.4, 0.5) is 4.39 Å². The zero-order valence-corrected chi connectivity index (χ0v) is 13.6. The Morgan fingerprint density at radius 3 is 2.57 bits per heavy atom. The van der Waals surface area contributed by atoms with Crippen molar-refractivity contribution >= 4 is 0 Å². The van der Waals surface area contributed by atoms with Crippen molar-refractivity contribution in [3.05, 3.63) is 35.6 Å². The first-order valence-corrected chi connectivity index (χ1v) is 7.83. The summed E-state index contributed by atoms with van der Waals surface area (Å²) < 4.78 is 18.1. The molecule has 120 valence electrons. The van der Waals surface area contributed by atoms with Gasteiger partial charge in [-0.2, -0.15) is 0 Å². The van der Waals surface area contributed by atoms with Crippen LogP contribution in [0.15, 0.2) is 24.3 Å². The van der Waals surface area contributed by atoms with E-state index in [4.69, 9.17) is 4.74 Å². The first-order valence-electron chi connectivity index (χ1n) is 7.83. The van der Waals surface area contributed by atoms with Gasteiger partial charge >= 0.3 is 0 Å². The van der Waals surface area contributed by atoms with E-state index in [1.54, 1.807) is 7.11 Å². The van der Waals surface area contributed by atoms with Crippen LogP contribution in [0.25, 0.3) is 0 Å². The average molecular weight is 296 g/mol. The monoisotopic (exact) mass is 296 g/mol. The number of nitrogens with zero attached hydrogens (tertiary/aromatic N) is 1. The fourth-order valence-corrected chi connectivity index (χ4v) is 2.34. The maximum atomic E-state index is 13.0. The lowest BCUT2D eigenvalue weighted by molar-refractivity contribution is 0.178. The third kappa shape index (κ3) is 7.55. The zero-order chi connectivity index (χ0) is 15.5. The maximum absolute atomic E-state index is 13.0. The van der Waals surface area contributed by atoms with E-state index in [1.165, 1.54) is 12.1 Å². The number of rotatable bonds is 11. The second-order valence-corrected chi connectivity index (χ2v) is 5.50. The lowest BCUT2D eigenvalue weighted by atomic mass is 10.0. The number of hydrogen-bond acceptors (Lipinski definition) is 3. The molecule has 3 nitrogen and oxygen atoms in total. The summed E-state index contributed by atoms with van der Waals surface area (Å²) in [7, 11) is 3.87. The Hall–Kier alpha value is -0.970. The van der Waals surface area contributed by atoms with E-state index in [0.29, 0.717) is 0 Å². The van der Waals surface area contributed by atoms with Gasteiger partial charge in [0.25, 0.3) is 0 Å². The number of benzene rings is 1. The average Bonchev–Trinajstić information content (AvgIpc) is 2.49. The highest BCUT2D eigenvalue weighted by molar-refractivity contribution is 5.19. The van der Waals surface area contributed by atoms with Crippen molar-refractivity contribution in [2.45, 2.75) is 32.2 Å². The van der Waals surface area contributed by atoms with Gasteiger partial charge in [-0.25, -0.2) is 4.39 Å². The minimum Gasteiger partial charge on any atom is -0.385 e. The van der Waals surface area contributed by atoms with Crippen LogP contribution in [0, 0.1) is 5.82 Å². The fraction of sp³-hybridized carbons (Fsp3) is 0.647. The van der Waals surface area contributed by atoms with Crippen molar-refractivity contribution < 1.29 is 9.13 Å². The second kappa shape index (κ2) is 10.7. The molecule has 0 bridgehead atoms. The SMILES string of the molecule is CCCNC(CCN(C)CCCOC)c1ccc(F)cc1. The van der Waals surface area contributed by atoms with Crippen molar-refractivity contribution in [1.29, 1.82) is 0 Å². The topological polar surface area (TPSA) is 24.5 Å². The van der Waals surface area contributed by atoms with Crippen LogP contribution < -0.4 is 5.32 Å². The molecule has 1 unspecified atom stereocenters. The fourth-order valence-electron chi connectivity index (χ4n) is 2.34. The van der Waals surface area contributed by atoms with Gasteiger partial charge in [-0.1, -0.05) is 19.1 Å². The molecule has 0 amide bonds. The molecule has 1 N–H and O–H groups in total. The first-order chi connectivity index (χ1) is 10.2. The van der Waals surface area contributed by atoms with Crippen molar-refractivity contribution in [2.75, 3.05) is 40.4 Å². The molecule has 0 saturated carbocycles. The Morgan fingerprint density at radius 1 is 1.24 bits per heavy atom. The molecule has 21 heavy (non-hydrogen) atoms. The van der Waals surface area contributed by atoms with E-state index in [2.05, 4.69) is 24.2 Å². The predicted molar refractivity (Wildman–Crippen MR) is 86.0 cm³/mol. The molecule has 0 fully saturated rings. The maximum Gasteiger partial charge on any atom is 0.123 e. The molecule has 1 atom stereocenters. The Bertz CT molecular complexity index is 370. The molecular formula is C17H29FN2O. The molecule has 0 aliphatic heterocycles. The summed E-state index contributed by atoms with van der Waals surface area (Å²) in [6.45, 7) is 6.00. The molecule has 1 aromatic carbocycles. The van der Waals surface area contributed by atoms with Crippen LogP contribution in [0.1, 0.15) is 37.8 Å². The lowest BCUT2D eigenvalue weighted by Gasteiger charge is -2.23. The van der Waals surface area contributed by atoms with Gasteiger partial charge in [-0.15, -0.1) is 0 Å². The Balaban J connectivity index is 2.47. The van der Waals surface area contributed by atoms with Gasteiger partial charge in [0.1, 0.15) is 5.82 Å². The zero-order valence-electron chi connectivity index (χ0n) is 13.6. The predicted octanol–water partition coefficient (Wildman–Crippen LogP) is 3.22. The minimum absolute atomic E-state index is 0.176. The number of hydrogen-bond donors (Lipinski definition) is 1. The van der Waals surface area contributed by atoms with Gasteiger partial charge < -0.3 is 15.0 Å². The van der Waals surface area contributed by atoms with Crippen LogP contribution >= 0.6 is 0 Å². The van der Waals surface area contributed by atoms with Crippen LogP contribution in [-0.4, -0.2) is 45.3 Å². The van der Waals surface area contributed by atoms with E-state index >= 15 is 0 Å². The normalized spacial score (nSPS) is 12.8. The van der Waals surface area contributed by atoms with Gasteiger partial charge in [-0.3, -0.25) is 0 Å². The number of methoxy groups -OCH3 is 1. The lowest BCUT2D eigenvalue weighted by Crippen LogP contribution is -2.28. The Morgan fingerprint density at radius 2 is 1.95 bits per heavy atom. The summed E-state index contributed by atoms with van der Waals surface area (Å²) in [6.07, 6.45) is 3.17. The van der Waals surface area contributed by atoms with Gasteiger partial charge in [0.05, 0.1) is 0 Å². The van der Waals surface area contributed by atoms with Crippen LogP contribution in [-0.2, 0) is 4.74 Å². The smallest absolute Gasteiger partial charge is 0.123 e. The molecule has 0 radical (unpaired) electrons.